The fraction of sp³-hybridized carbons (Fsp3) is 1.00. The van der Waals surface area contributed by atoms with Crippen molar-refractivity contribution in [1.29, 1.82) is 0 Å². The molecule has 2 unspecified atom stereocenters. The quantitative estimate of drug-likeness (QED) is 0.818. The summed E-state index contributed by atoms with van der Waals surface area (Å²) in [5, 5.41) is 0. The van der Waals surface area contributed by atoms with Crippen LogP contribution in [0.25, 0.3) is 0 Å². The van der Waals surface area contributed by atoms with Crippen LogP contribution >= 0.6 is 0 Å². The van der Waals surface area contributed by atoms with Gasteiger partial charge in [-0.25, -0.2) is 0 Å². The predicted molar refractivity (Wildman–Crippen MR) is 76.0 cm³/mol. The molecule has 0 aliphatic carbocycles. The molecule has 1 aliphatic rings. The molecule has 2 heteroatoms. The average Bonchev–Trinajstić information content (AvgIpc) is 2.27. The molecule has 1 saturated heterocycles. The molecule has 0 saturated carbocycles. The summed E-state index contributed by atoms with van der Waals surface area (Å²) < 4.78 is 0. The first kappa shape index (κ1) is 15.0. The maximum atomic E-state index is 6.24. The minimum Gasteiger partial charge on any atom is -0.326 e. The zero-order chi connectivity index (χ0) is 13.1. The van der Waals surface area contributed by atoms with Crippen molar-refractivity contribution >= 4 is 0 Å². The third-order valence-corrected chi connectivity index (χ3v) is 4.66. The van der Waals surface area contributed by atoms with Crippen molar-refractivity contribution < 1.29 is 0 Å². The fourth-order valence-corrected chi connectivity index (χ4v) is 2.76. The van der Waals surface area contributed by atoms with E-state index >= 15 is 0 Å². The van der Waals surface area contributed by atoms with E-state index in [-0.39, 0.29) is 0 Å². The molecule has 0 spiro atoms. The van der Waals surface area contributed by atoms with Crippen LogP contribution < -0.4 is 5.73 Å². The Labute approximate surface area is 108 Å². The van der Waals surface area contributed by atoms with Gasteiger partial charge in [-0.2, -0.15) is 0 Å². The molecule has 1 aliphatic heterocycles. The highest BCUT2D eigenvalue weighted by Gasteiger charge is 2.29. The Morgan fingerprint density at radius 1 is 1.24 bits per heavy atom. The Hall–Kier alpha value is -0.0800. The largest absolute Gasteiger partial charge is 0.326 e. The van der Waals surface area contributed by atoms with Gasteiger partial charge in [0.1, 0.15) is 0 Å². The summed E-state index contributed by atoms with van der Waals surface area (Å²) >= 11 is 0. The van der Waals surface area contributed by atoms with Gasteiger partial charge in [0.15, 0.2) is 0 Å². The maximum absolute atomic E-state index is 6.24. The highest BCUT2D eigenvalue weighted by Crippen LogP contribution is 2.34. The summed E-state index contributed by atoms with van der Waals surface area (Å²) in [6.07, 6.45) is 3.88. The van der Waals surface area contributed by atoms with Crippen LogP contribution in [0.4, 0.5) is 0 Å². The molecule has 2 nitrogen and oxygen atoms in total. The van der Waals surface area contributed by atoms with E-state index in [1.54, 1.807) is 0 Å². The van der Waals surface area contributed by atoms with Gasteiger partial charge < -0.3 is 10.6 Å². The molecule has 2 N–H and O–H groups in total. The number of piperidine rings is 1. The highest BCUT2D eigenvalue weighted by atomic mass is 15.1. The predicted octanol–water partition coefficient (Wildman–Crippen LogP) is 3.12. The number of likely N-dealkylation sites (tertiary alicyclic amines) is 1. The van der Waals surface area contributed by atoms with Gasteiger partial charge >= 0.3 is 0 Å². The van der Waals surface area contributed by atoms with Crippen LogP contribution in [0.5, 0.6) is 0 Å². The molecule has 0 aromatic rings. The van der Waals surface area contributed by atoms with E-state index in [2.05, 4.69) is 39.5 Å². The number of nitrogens with two attached hydrogens (primary N) is 1. The molecular weight excluding hydrogens is 208 g/mol. The molecule has 0 aromatic heterocycles. The minimum atomic E-state index is 0.353. The lowest BCUT2D eigenvalue weighted by Crippen LogP contribution is -2.45. The van der Waals surface area contributed by atoms with Crippen LogP contribution in [0, 0.1) is 17.3 Å². The van der Waals surface area contributed by atoms with Crippen molar-refractivity contribution in [2.45, 2.75) is 59.9 Å². The molecule has 1 fully saturated rings. The lowest BCUT2D eigenvalue weighted by molar-refractivity contribution is 0.103. The second-order valence-electron chi connectivity index (χ2n) is 6.99. The van der Waals surface area contributed by atoms with Crippen LogP contribution in [0.3, 0.4) is 0 Å². The molecule has 0 amide bonds. The number of nitrogens with zero attached hydrogens (tertiary/aromatic N) is 1. The third kappa shape index (κ3) is 4.59. The van der Waals surface area contributed by atoms with Crippen molar-refractivity contribution in [1.82, 2.24) is 4.90 Å². The van der Waals surface area contributed by atoms with Gasteiger partial charge in [0.05, 0.1) is 0 Å². The molecule has 102 valence electrons. The van der Waals surface area contributed by atoms with Gasteiger partial charge in [-0.05, 0) is 43.2 Å². The van der Waals surface area contributed by atoms with E-state index in [4.69, 9.17) is 5.73 Å². The fourth-order valence-electron chi connectivity index (χ4n) is 2.76. The molecule has 0 bridgehead atoms. The minimum absolute atomic E-state index is 0.353. The zero-order valence-corrected chi connectivity index (χ0v) is 12.5. The monoisotopic (exact) mass is 240 g/mol. The van der Waals surface area contributed by atoms with E-state index < -0.39 is 0 Å². The highest BCUT2D eigenvalue weighted by molar-refractivity contribution is 4.82. The topological polar surface area (TPSA) is 29.3 Å². The van der Waals surface area contributed by atoms with E-state index in [1.807, 2.05) is 0 Å². The Morgan fingerprint density at radius 3 is 2.18 bits per heavy atom. The third-order valence-electron chi connectivity index (χ3n) is 4.66. The summed E-state index contributed by atoms with van der Waals surface area (Å²) in [4.78, 5) is 2.57. The smallest absolute Gasteiger partial charge is 0.0193 e. The van der Waals surface area contributed by atoms with Gasteiger partial charge in [0.2, 0.25) is 0 Å². The number of hydrogen-bond donors (Lipinski definition) is 1. The van der Waals surface area contributed by atoms with Crippen LogP contribution in [0.2, 0.25) is 0 Å². The lowest BCUT2D eigenvalue weighted by atomic mass is 9.75. The van der Waals surface area contributed by atoms with Crippen molar-refractivity contribution in [2.24, 2.45) is 23.0 Å². The standard InChI is InChI=1S/C15H32N2/c1-6-12(2)14(16)11-17-9-7-13(8-10-17)15(3,4)5/h12-14H,6-11,16H2,1-5H3. The SMILES string of the molecule is CCC(C)C(N)CN1CCC(C(C)(C)C)CC1. The molecule has 0 aromatic carbocycles. The zero-order valence-electron chi connectivity index (χ0n) is 12.5. The van der Waals surface area contributed by atoms with E-state index in [9.17, 15) is 0 Å². The summed E-state index contributed by atoms with van der Waals surface area (Å²) in [5.74, 6) is 1.54. The first-order valence-corrected chi connectivity index (χ1v) is 7.32. The molecule has 2 atom stereocenters. The van der Waals surface area contributed by atoms with E-state index in [0.717, 1.165) is 12.5 Å². The van der Waals surface area contributed by atoms with Crippen molar-refractivity contribution in [3.8, 4) is 0 Å². The molecule has 17 heavy (non-hydrogen) atoms. The van der Waals surface area contributed by atoms with Crippen LogP contribution in [-0.4, -0.2) is 30.6 Å². The van der Waals surface area contributed by atoms with Crippen molar-refractivity contribution in [2.75, 3.05) is 19.6 Å². The number of hydrogen-bond acceptors (Lipinski definition) is 2. The second-order valence-corrected chi connectivity index (χ2v) is 6.99. The summed E-state index contributed by atoms with van der Waals surface area (Å²) in [5.41, 5.74) is 6.71. The average molecular weight is 240 g/mol. The summed E-state index contributed by atoms with van der Waals surface area (Å²) in [6, 6.07) is 0.353. The van der Waals surface area contributed by atoms with E-state index in [1.165, 1.54) is 32.4 Å². The first-order valence-electron chi connectivity index (χ1n) is 7.32. The van der Waals surface area contributed by atoms with Crippen LogP contribution in [0.15, 0.2) is 0 Å². The van der Waals surface area contributed by atoms with Gasteiger partial charge in [-0.15, -0.1) is 0 Å². The first-order chi connectivity index (χ1) is 7.84. The Balaban J connectivity index is 2.33. The summed E-state index contributed by atoms with van der Waals surface area (Å²) in [7, 11) is 0. The van der Waals surface area contributed by atoms with Gasteiger partial charge in [-0.3, -0.25) is 0 Å². The van der Waals surface area contributed by atoms with Gasteiger partial charge in [0.25, 0.3) is 0 Å². The second kappa shape index (κ2) is 6.19. The van der Waals surface area contributed by atoms with E-state index in [0.29, 0.717) is 17.4 Å². The van der Waals surface area contributed by atoms with Crippen LogP contribution in [0.1, 0.15) is 53.9 Å². The number of rotatable bonds is 4. The Morgan fingerprint density at radius 2 is 1.76 bits per heavy atom. The van der Waals surface area contributed by atoms with Gasteiger partial charge in [-0.1, -0.05) is 41.0 Å². The molecule has 1 rings (SSSR count). The van der Waals surface area contributed by atoms with Gasteiger partial charge in [0, 0.05) is 12.6 Å². The normalized spacial score (nSPS) is 23.6. The van der Waals surface area contributed by atoms with Crippen LogP contribution in [-0.2, 0) is 0 Å². The molecule has 0 radical (unpaired) electrons. The van der Waals surface area contributed by atoms with Crippen molar-refractivity contribution in [3.05, 3.63) is 0 Å². The molecule has 1 heterocycles. The Bertz CT molecular complexity index is 211. The Kier molecular flexibility index (Phi) is 5.46. The summed E-state index contributed by atoms with van der Waals surface area (Å²) in [6.45, 7) is 15.2. The molecular formula is C15H32N2. The maximum Gasteiger partial charge on any atom is 0.0193 e. The lowest BCUT2D eigenvalue weighted by Gasteiger charge is -2.40. The van der Waals surface area contributed by atoms with Crippen molar-refractivity contribution in [3.63, 3.8) is 0 Å².